The Bertz CT molecular complexity index is 2840. The standard InChI is InChI=1S/2C12H10N4.2C12H9N2.2Pt/c2*1-15-9-16(10-5-3-2-4-6-10)12-11(15)13-7-8-14-12;2*1-8-6-7-10-9-4-2-3-5-11(9)14-12(10)13-8;;/h2*2-5,7-9H,1H3;2*2-7H,1H3;;/q2*-2;2*-1;;. The summed E-state index contributed by atoms with van der Waals surface area (Å²) in [5.41, 5.74) is 7.72. The van der Waals surface area contributed by atoms with Crippen LogP contribution >= 0.6 is 0 Å². The number of hydrogen-bond donors (Lipinski definition) is 0. The van der Waals surface area contributed by atoms with E-state index in [-0.39, 0.29) is 42.1 Å². The fourth-order valence-corrected chi connectivity index (χ4v) is 6.97. The molecule has 0 fully saturated rings. The van der Waals surface area contributed by atoms with Crippen molar-refractivity contribution in [3.63, 3.8) is 0 Å². The fraction of sp³-hybridized carbons (Fsp3) is 0.0833. The maximum Gasteiger partial charge on any atom is 0.143 e. The molecule has 0 saturated carbocycles. The summed E-state index contributed by atoms with van der Waals surface area (Å²) in [6, 6.07) is 46.5. The molecule has 6 aromatic heterocycles. The van der Waals surface area contributed by atoms with E-state index in [4.69, 9.17) is 0 Å². The van der Waals surface area contributed by atoms with Crippen LogP contribution in [0.5, 0.6) is 0 Å². The van der Waals surface area contributed by atoms with Crippen molar-refractivity contribution in [3.05, 3.63) is 183 Å². The smallest absolute Gasteiger partial charge is 0.143 e. The number of nitrogens with zero attached hydrogens (tertiary/aromatic N) is 12. The minimum absolute atomic E-state index is 0. The fourth-order valence-electron chi connectivity index (χ4n) is 6.97. The van der Waals surface area contributed by atoms with Gasteiger partial charge in [-0.1, -0.05) is 95.5 Å². The summed E-state index contributed by atoms with van der Waals surface area (Å²) >= 11 is 0. The van der Waals surface area contributed by atoms with Crippen molar-refractivity contribution >= 4 is 78.5 Å². The van der Waals surface area contributed by atoms with Gasteiger partial charge >= 0.3 is 0 Å². The molecule has 0 saturated heterocycles. The van der Waals surface area contributed by atoms with Gasteiger partial charge in [0, 0.05) is 66.9 Å². The second kappa shape index (κ2) is 19.5. The number of rotatable bonds is 2. The van der Waals surface area contributed by atoms with Crippen LogP contribution in [0.25, 0.3) is 43.9 Å². The van der Waals surface area contributed by atoms with E-state index in [0.29, 0.717) is 0 Å². The van der Waals surface area contributed by atoms with Crippen molar-refractivity contribution in [2.75, 3.05) is 33.7 Å². The predicted octanol–water partition coefficient (Wildman–Crippen LogP) is 9.27. The van der Waals surface area contributed by atoms with E-state index in [9.17, 15) is 0 Å². The molecular formula is C48H38N12Pt2-6. The first-order chi connectivity index (χ1) is 29.4. The molecule has 316 valence electrons. The molecule has 4 aromatic carbocycles. The maximum atomic E-state index is 4.46. The van der Waals surface area contributed by atoms with Crippen molar-refractivity contribution in [3.8, 4) is 0 Å². The zero-order chi connectivity index (χ0) is 41.0. The molecule has 0 amide bonds. The van der Waals surface area contributed by atoms with E-state index in [2.05, 4.69) is 76.3 Å². The summed E-state index contributed by atoms with van der Waals surface area (Å²) in [5.74, 6) is 3.40. The molecule has 14 heteroatoms. The summed E-state index contributed by atoms with van der Waals surface area (Å²) in [5, 5.41) is 4.67. The molecule has 10 aromatic rings. The van der Waals surface area contributed by atoms with Gasteiger partial charge in [-0.2, -0.15) is 60.7 Å². The number of pyridine rings is 2. The van der Waals surface area contributed by atoms with Crippen LogP contribution in [0.1, 0.15) is 11.4 Å². The number of hydrogen-bond acceptors (Lipinski definition) is 10. The van der Waals surface area contributed by atoms with Crippen LogP contribution in [-0.4, -0.2) is 44.0 Å². The number of aromatic nitrogens is 8. The molecule has 12 rings (SSSR count). The average molecular weight is 1170 g/mol. The van der Waals surface area contributed by atoms with Gasteiger partial charge in [0.1, 0.15) is 23.3 Å². The summed E-state index contributed by atoms with van der Waals surface area (Å²) in [6.45, 7) is 7.88. The molecule has 8 heterocycles. The minimum atomic E-state index is 0. The van der Waals surface area contributed by atoms with Gasteiger partial charge in [-0.3, -0.25) is 0 Å². The van der Waals surface area contributed by atoms with Crippen molar-refractivity contribution < 1.29 is 42.1 Å². The molecule has 2 aliphatic heterocycles. The Morgan fingerprint density at radius 1 is 0.452 bits per heavy atom. The van der Waals surface area contributed by atoms with E-state index in [1.165, 1.54) is 10.8 Å². The Hall–Kier alpha value is -6.48. The van der Waals surface area contributed by atoms with Crippen LogP contribution in [0.4, 0.5) is 34.6 Å². The third-order valence-corrected chi connectivity index (χ3v) is 9.80. The molecule has 62 heavy (non-hydrogen) atoms. The minimum Gasteiger partial charge on any atom is -0.487 e. The topological polar surface area (TPSA) is 119 Å². The molecule has 0 unspecified atom stereocenters. The number of para-hydroxylation sites is 4. The number of benzene rings is 4. The van der Waals surface area contributed by atoms with Gasteiger partial charge in [0.05, 0.1) is 0 Å². The van der Waals surface area contributed by atoms with Crippen molar-refractivity contribution in [1.82, 2.24) is 39.9 Å². The molecule has 0 bridgehead atoms. The quantitative estimate of drug-likeness (QED) is 0.154. The normalized spacial score (nSPS) is 12.3. The average Bonchev–Trinajstić information content (AvgIpc) is 4.05. The third-order valence-electron chi connectivity index (χ3n) is 9.80. The molecule has 0 N–H and O–H groups in total. The van der Waals surface area contributed by atoms with Crippen LogP contribution in [0, 0.1) is 39.3 Å². The Kier molecular flexibility index (Phi) is 13.7. The molecule has 0 spiro atoms. The Balaban J connectivity index is 0.000000123. The first-order valence-electron chi connectivity index (χ1n) is 19.3. The zero-order valence-electron chi connectivity index (χ0n) is 34.0. The van der Waals surface area contributed by atoms with Crippen molar-refractivity contribution in [2.45, 2.75) is 13.8 Å². The Morgan fingerprint density at radius 3 is 1.24 bits per heavy atom. The summed E-state index contributed by atoms with van der Waals surface area (Å²) in [6.07, 6.45) is 6.78. The van der Waals surface area contributed by atoms with E-state index >= 15 is 0 Å². The van der Waals surface area contributed by atoms with Gasteiger partial charge in [-0.25, -0.2) is 19.9 Å². The third kappa shape index (κ3) is 9.08. The van der Waals surface area contributed by atoms with Crippen LogP contribution in [0.15, 0.2) is 146 Å². The van der Waals surface area contributed by atoms with E-state index < -0.39 is 0 Å². The second-order valence-corrected chi connectivity index (χ2v) is 14.0. The van der Waals surface area contributed by atoms with Crippen molar-refractivity contribution in [2.24, 2.45) is 0 Å². The largest absolute Gasteiger partial charge is 0.487 e. The van der Waals surface area contributed by atoms with Crippen LogP contribution in [-0.2, 0) is 42.1 Å². The van der Waals surface area contributed by atoms with Gasteiger partial charge in [0.15, 0.2) is 0 Å². The second-order valence-electron chi connectivity index (χ2n) is 14.0. The number of aryl methyl sites for hydroxylation is 2. The Labute approximate surface area is 388 Å². The number of fused-ring (bicyclic) bond motifs is 8. The summed E-state index contributed by atoms with van der Waals surface area (Å²) < 4.78 is 0. The number of anilines is 6. The zero-order valence-corrected chi connectivity index (χ0v) is 38.6. The van der Waals surface area contributed by atoms with Gasteiger partial charge in [-0.05, 0) is 60.5 Å². The molecule has 0 aliphatic carbocycles. The van der Waals surface area contributed by atoms with Crippen LogP contribution in [0.3, 0.4) is 0 Å². The van der Waals surface area contributed by atoms with E-state index in [1.54, 1.807) is 24.8 Å². The van der Waals surface area contributed by atoms with Gasteiger partial charge in [0.2, 0.25) is 0 Å². The SMILES string of the molecule is CN1[CH-]N(c2[c-]cccc2)c2nccnc21.CN1[CH-]N(c2[c-]cccc2)c2nccnc21.Cc1ccc2c(n1)[n-]c1ccccc12.Cc1ccc2c(n1)[n-]c1ccccc12.[Pt].[Pt]. The monoisotopic (exact) mass is 1170 g/mol. The molecular weight excluding hydrogens is 1130 g/mol. The summed E-state index contributed by atoms with van der Waals surface area (Å²) in [4.78, 5) is 42.8. The first kappa shape index (κ1) is 43.6. The molecule has 12 nitrogen and oxygen atoms in total. The molecule has 2 aliphatic rings. The predicted molar refractivity (Wildman–Crippen MR) is 239 cm³/mol. The molecule has 0 radical (unpaired) electrons. The van der Waals surface area contributed by atoms with E-state index in [0.717, 1.165) is 79.1 Å². The van der Waals surface area contributed by atoms with E-state index in [1.807, 2.05) is 158 Å². The summed E-state index contributed by atoms with van der Waals surface area (Å²) in [7, 11) is 3.91. The van der Waals surface area contributed by atoms with Gasteiger partial charge < -0.3 is 39.5 Å². The maximum absolute atomic E-state index is 4.46. The Morgan fingerprint density at radius 2 is 0.839 bits per heavy atom. The van der Waals surface area contributed by atoms with Crippen LogP contribution < -0.4 is 29.6 Å². The van der Waals surface area contributed by atoms with Crippen LogP contribution in [0.2, 0.25) is 0 Å². The van der Waals surface area contributed by atoms with Gasteiger partial charge in [-0.15, -0.1) is 24.7 Å². The van der Waals surface area contributed by atoms with Crippen molar-refractivity contribution in [1.29, 1.82) is 0 Å². The van der Waals surface area contributed by atoms with Gasteiger partial charge in [0.25, 0.3) is 0 Å². The first-order valence-corrected chi connectivity index (χ1v) is 19.3. The molecule has 0 atom stereocenters.